The number of ether oxygens (including phenoxy) is 1. The highest BCUT2D eigenvalue weighted by Gasteiger charge is 2.17. The van der Waals surface area contributed by atoms with Gasteiger partial charge in [0, 0.05) is 19.5 Å². The Hall–Kier alpha value is -2.37. The van der Waals surface area contributed by atoms with Gasteiger partial charge in [-0.15, -0.1) is 0 Å². The van der Waals surface area contributed by atoms with Crippen molar-refractivity contribution in [3.8, 4) is 5.75 Å². The Morgan fingerprint density at radius 2 is 2.30 bits per heavy atom. The van der Waals surface area contributed by atoms with E-state index < -0.39 is 0 Å². The summed E-state index contributed by atoms with van der Waals surface area (Å²) in [6, 6.07) is 8.15. The highest BCUT2D eigenvalue weighted by atomic mass is 16.5. The normalized spacial score (nSPS) is 17.0. The number of amides is 1. The molecule has 0 radical (unpaired) electrons. The molecule has 1 aliphatic heterocycles. The Kier molecular flexibility index (Phi) is 5.24. The fourth-order valence-corrected chi connectivity index (χ4v) is 2.83. The number of hydrogen-bond acceptors (Lipinski definition) is 4. The number of carbonyl (C=O) groups is 1. The highest BCUT2D eigenvalue weighted by molar-refractivity contribution is 5.75. The van der Waals surface area contributed by atoms with Crippen molar-refractivity contribution >= 4 is 5.91 Å². The molecule has 0 bridgehead atoms. The van der Waals surface area contributed by atoms with Crippen molar-refractivity contribution in [1.82, 2.24) is 20.1 Å². The maximum atomic E-state index is 12.0. The Morgan fingerprint density at radius 1 is 1.39 bits per heavy atom. The Bertz CT molecular complexity index is 627. The summed E-state index contributed by atoms with van der Waals surface area (Å²) >= 11 is 0. The van der Waals surface area contributed by atoms with Gasteiger partial charge in [0.05, 0.1) is 6.61 Å². The predicted octanol–water partition coefficient (Wildman–Crippen LogP) is 1.82. The third kappa shape index (κ3) is 4.55. The van der Waals surface area contributed by atoms with E-state index in [1.54, 1.807) is 11.0 Å². The molecule has 1 aromatic carbocycles. The molecule has 6 heteroatoms. The minimum atomic E-state index is 0.101. The number of aryl methyl sites for hydroxylation is 1. The first-order chi connectivity index (χ1) is 11.3. The van der Waals surface area contributed by atoms with Crippen molar-refractivity contribution in [2.45, 2.75) is 32.2 Å². The number of fused-ring (bicyclic) bond motifs is 1. The molecular weight excluding hydrogens is 292 g/mol. The van der Waals surface area contributed by atoms with Crippen LogP contribution in [-0.2, 0) is 17.8 Å². The van der Waals surface area contributed by atoms with Gasteiger partial charge in [-0.25, -0.2) is 4.98 Å². The molecule has 23 heavy (non-hydrogen) atoms. The molecular formula is C17H22N4O2. The van der Waals surface area contributed by atoms with E-state index in [0.717, 1.165) is 31.6 Å². The van der Waals surface area contributed by atoms with Crippen LogP contribution in [0.3, 0.4) is 0 Å². The maximum absolute atomic E-state index is 12.0. The lowest BCUT2D eigenvalue weighted by Crippen LogP contribution is -2.30. The molecule has 1 aromatic heterocycles. The second kappa shape index (κ2) is 7.76. The second-order valence-electron chi connectivity index (χ2n) is 5.88. The quantitative estimate of drug-likeness (QED) is 0.883. The van der Waals surface area contributed by atoms with Crippen LogP contribution in [0.5, 0.6) is 5.75 Å². The van der Waals surface area contributed by atoms with Crippen LogP contribution in [0, 0.1) is 5.92 Å². The Balaban J connectivity index is 1.40. The summed E-state index contributed by atoms with van der Waals surface area (Å²) in [6.07, 6.45) is 6.38. The van der Waals surface area contributed by atoms with Crippen LogP contribution in [0.4, 0.5) is 0 Å². The molecule has 1 aliphatic rings. The van der Waals surface area contributed by atoms with E-state index in [0.29, 0.717) is 25.5 Å². The number of para-hydroxylation sites is 1. The zero-order valence-corrected chi connectivity index (χ0v) is 13.1. The van der Waals surface area contributed by atoms with Gasteiger partial charge in [-0.2, -0.15) is 5.10 Å². The Morgan fingerprint density at radius 3 is 3.17 bits per heavy atom. The largest absolute Gasteiger partial charge is 0.493 e. The van der Waals surface area contributed by atoms with Gasteiger partial charge in [-0.05, 0) is 36.8 Å². The molecule has 0 spiro atoms. The zero-order valence-electron chi connectivity index (χ0n) is 13.1. The number of rotatable bonds is 6. The first-order valence-electron chi connectivity index (χ1n) is 8.11. The third-order valence-electron chi connectivity index (χ3n) is 4.11. The van der Waals surface area contributed by atoms with Crippen molar-refractivity contribution in [2.75, 3.05) is 13.2 Å². The molecule has 0 saturated carbocycles. The van der Waals surface area contributed by atoms with Crippen LogP contribution in [0.2, 0.25) is 0 Å². The summed E-state index contributed by atoms with van der Waals surface area (Å²) in [4.78, 5) is 15.8. The first-order valence-corrected chi connectivity index (χ1v) is 8.11. The smallest absolute Gasteiger partial charge is 0.220 e. The van der Waals surface area contributed by atoms with Crippen molar-refractivity contribution in [1.29, 1.82) is 0 Å². The number of aromatic nitrogens is 3. The van der Waals surface area contributed by atoms with Gasteiger partial charge in [0.25, 0.3) is 0 Å². The van der Waals surface area contributed by atoms with E-state index in [1.165, 1.54) is 11.9 Å². The molecule has 2 aromatic rings. The van der Waals surface area contributed by atoms with E-state index in [9.17, 15) is 4.79 Å². The maximum Gasteiger partial charge on any atom is 0.220 e. The van der Waals surface area contributed by atoms with E-state index in [1.807, 2.05) is 18.2 Å². The average Bonchev–Trinajstić information content (AvgIpc) is 2.98. The fraction of sp³-hybridized carbons (Fsp3) is 0.471. The zero-order chi connectivity index (χ0) is 15.9. The van der Waals surface area contributed by atoms with Crippen molar-refractivity contribution in [3.63, 3.8) is 0 Å². The summed E-state index contributed by atoms with van der Waals surface area (Å²) in [6.45, 7) is 2.14. The van der Waals surface area contributed by atoms with Gasteiger partial charge in [-0.1, -0.05) is 18.2 Å². The lowest BCUT2D eigenvalue weighted by atomic mass is 9.97. The third-order valence-corrected chi connectivity index (χ3v) is 4.11. The van der Waals surface area contributed by atoms with Crippen LogP contribution >= 0.6 is 0 Å². The number of benzene rings is 1. The van der Waals surface area contributed by atoms with Crippen LogP contribution < -0.4 is 10.1 Å². The van der Waals surface area contributed by atoms with Gasteiger partial charge in [0.15, 0.2) is 0 Å². The highest BCUT2D eigenvalue weighted by Crippen LogP contribution is 2.26. The summed E-state index contributed by atoms with van der Waals surface area (Å²) in [5.74, 6) is 1.51. The van der Waals surface area contributed by atoms with Gasteiger partial charge in [0.1, 0.15) is 18.4 Å². The molecule has 0 aliphatic carbocycles. The van der Waals surface area contributed by atoms with Gasteiger partial charge in [0.2, 0.25) is 5.91 Å². The molecule has 0 fully saturated rings. The van der Waals surface area contributed by atoms with E-state index in [2.05, 4.69) is 21.5 Å². The molecule has 0 unspecified atom stereocenters. The van der Waals surface area contributed by atoms with Crippen molar-refractivity contribution in [2.24, 2.45) is 5.92 Å². The first kappa shape index (κ1) is 15.5. The lowest BCUT2D eigenvalue weighted by molar-refractivity contribution is -0.121. The Labute approximate surface area is 135 Å². The minimum absolute atomic E-state index is 0.101. The molecule has 0 saturated heterocycles. The van der Waals surface area contributed by atoms with Gasteiger partial charge >= 0.3 is 0 Å². The topological polar surface area (TPSA) is 69.0 Å². The van der Waals surface area contributed by atoms with Crippen LogP contribution in [-0.4, -0.2) is 33.8 Å². The molecule has 122 valence electrons. The molecule has 1 atom stereocenters. The van der Waals surface area contributed by atoms with Gasteiger partial charge in [-0.3, -0.25) is 9.48 Å². The lowest BCUT2D eigenvalue weighted by Gasteiger charge is -2.14. The van der Waals surface area contributed by atoms with Crippen LogP contribution in [0.1, 0.15) is 24.8 Å². The van der Waals surface area contributed by atoms with E-state index in [-0.39, 0.29) is 5.91 Å². The molecule has 6 nitrogen and oxygen atoms in total. The molecule has 3 rings (SSSR count). The standard InChI is InChI=1S/C17H22N4O2/c22-17(6-3-8-21-13-18-12-20-21)19-11-14-7-9-23-16-5-2-1-4-15(16)10-14/h1-2,4-5,12-14H,3,6-11H2,(H,19,22)/t14-/m1/s1. The number of nitrogens with one attached hydrogen (secondary N) is 1. The molecule has 1 amide bonds. The molecule has 1 N–H and O–H groups in total. The number of carbonyl (C=O) groups excluding carboxylic acids is 1. The van der Waals surface area contributed by atoms with Crippen molar-refractivity contribution < 1.29 is 9.53 Å². The monoisotopic (exact) mass is 314 g/mol. The summed E-state index contributed by atoms with van der Waals surface area (Å²) < 4.78 is 7.51. The van der Waals surface area contributed by atoms with Gasteiger partial charge < -0.3 is 10.1 Å². The minimum Gasteiger partial charge on any atom is -0.493 e. The van der Waals surface area contributed by atoms with E-state index >= 15 is 0 Å². The SMILES string of the molecule is O=C(CCCn1cncn1)NC[C@@H]1CCOc2ccccc2C1. The fourth-order valence-electron chi connectivity index (χ4n) is 2.83. The van der Waals surface area contributed by atoms with E-state index in [4.69, 9.17) is 4.74 Å². The summed E-state index contributed by atoms with van der Waals surface area (Å²) in [5.41, 5.74) is 1.23. The van der Waals surface area contributed by atoms with Crippen molar-refractivity contribution in [3.05, 3.63) is 42.5 Å². The second-order valence-corrected chi connectivity index (χ2v) is 5.88. The molecule has 2 heterocycles. The summed E-state index contributed by atoms with van der Waals surface area (Å²) in [5, 5.41) is 7.08. The predicted molar refractivity (Wildman–Crippen MR) is 86.0 cm³/mol. The van der Waals surface area contributed by atoms with Crippen LogP contribution in [0.15, 0.2) is 36.9 Å². The average molecular weight is 314 g/mol. The number of hydrogen-bond donors (Lipinski definition) is 1. The summed E-state index contributed by atoms with van der Waals surface area (Å²) in [7, 11) is 0. The number of nitrogens with zero attached hydrogens (tertiary/aromatic N) is 3. The van der Waals surface area contributed by atoms with Crippen LogP contribution in [0.25, 0.3) is 0 Å².